The normalized spacial score (nSPS) is 9.11. The van der Waals surface area contributed by atoms with Crippen LogP contribution < -0.4 is 5.32 Å². The van der Waals surface area contributed by atoms with Gasteiger partial charge < -0.3 is 5.32 Å². The van der Waals surface area contributed by atoms with Crippen molar-refractivity contribution in [3.63, 3.8) is 0 Å². The SMILES string of the molecule is [CH2]CCSC(=O)NCC. The largest absolute Gasteiger partial charge is 0.347 e. The zero-order valence-electron chi connectivity index (χ0n) is 5.64. The molecule has 3 heteroatoms. The number of nitrogens with one attached hydrogen (secondary N) is 1. The van der Waals surface area contributed by atoms with Crippen LogP contribution in [0.15, 0.2) is 0 Å². The Morgan fingerprint density at radius 2 is 2.44 bits per heavy atom. The third-order valence-corrected chi connectivity index (χ3v) is 1.60. The van der Waals surface area contributed by atoms with Gasteiger partial charge in [-0.05, 0) is 13.3 Å². The summed E-state index contributed by atoms with van der Waals surface area (Å²) < 4.78 is 0. The third-order valence-electron chi connectivity index (χ3n) is 0.699. The van der Waals surface area contributed by atoms with E-state index in [0.29, 0.717) is 6.54 Å². The van der Waals surface area contributed by atoms with Crippen LogP contribution >= 0.6 is 11.8 Å². The van der Waals surface area contributed by atoms with E-state index in [0.717, 1.165) is 12.2 Å². The van der Waals surface area contributed by atoms with Crippen molar-refractivity contribution in [3.05, 3.63) is 6.92 Å². The fourth-order valence-electron chi connectivity index (χ4n) is 0.360. The van der Waals surface area contributed by atoms with Crippen molar-refractivity contribution >= 4 is 17.0 Å². The first-order chi connectivity index (χ1) is 4.31. The maximum absolute atomic E-state index is 10.6. The molecule has 0 aromatic carbocycles. The third kappa shape index (κ3) is 5.69. The molecule has 0 unspecified atom stereocenters. The topological polar surface area (TPSA) is 29.1 Å². The lowest BCUT2D eigenvalue weighted by Gasteiger charge is -1.97. The molecular formula is C6H12NOS. The van der Waals surface area contributed by atoms with E-state index >= 15 is 0 Å². The number of hydrogen-bond donors (Lipinski definition) is 1. The Bertz CT molecular complexity index is 85.1. The minimum atomic E-state index is 0.0566. The lowest BCUT2D eigenvalue weighted by molar-refractivity contribution is 0.261. The Morgan fingerprint density at radius 3 is 2.89 bits per heavy atom. The van der Waals surface area contributed by atoms with E-state index in [4.69, 9.17) is 0 Å². The maximum Gasteiger partial charge on any atom is 0.279 e. The molecule has 0 aromatic rings. The number of carbonyl (C=O) groups excluding carboxylic acids is 1. The number of thioether (sulfide) groups is 1. The summed E-state index contributed by atoms with van der Waals surface area (Å²) in [6.07, 6.45) is 0.807. The summed E-state index contributed by atoms with van der Waals surface area (Å²) >= 11 is 1.29. The van der Waals surface area contributed by atoms with Crippen molar-refractivity contribution < 1.29 is 4.79 Å². The predicted octanol–water partition coefficient (Wildman–Crippen LogP) is 1.67. The highest BCUT2D eigenvalue weighted by Crippen LogP contribution is 2.01. The first-order valence-electron chi connectivity index (χ1n) is 3.01. The highest BCUT2D eigenvalue weighted by Gasteiger charge is 1.95. The number of hydrogen-bond acceptors (Lipinski definition) is 2. The van der Waals surface area contributed by atoms with Crippen LogP contribution in [0.5, 0.6) is 0 Å². The molecule has 1 amide bonds. The van der Waals surface area contributed by atoms with Gasteiger partial charge in [0, 0.05) is 12.3 Å². The Balaban J connectivity index is 3.06. The molecule has 0 aliphatic rings. The van der Waals surface area contributed by atoms with Crippen LogP contribution in [-0.2, 0) is 0 Å². The Hall–Kier alpha value is -0.180. The van der Waals surface area contributed by atoms with E-state index in [-0.39, 0.29) is 5.24 Å². The molecule has 0 bridgehead atoms. The number of amides is 1. The van der Waals surface area contributed by atoms with Gasteiger partial charge >= 0.3 is 0 Å². The van der Waals surface area contributed by atoms with E-state index in [1.807, 2.05) is 6.92 Å². The average molecular weight is 146 g/mol. The first-order valence-corrected chi connectivity index (χ1v) is 3.99. The second-order valence-electron chi connectivity index (χ2n) is 1.52. The summed E-state index contributed by atoms with van der Waals surface area (Å²) in [5, 5.41) is 2.73. The van der Waals surface area contributed by atoms with Crippen LogP contribution in [0.1, 0.15) is 13.3 Å². The van der Waals surface area contributed by atoms with E-state index in [1.165, 1.54) is 11.8 Å². The van der Waals surface area contributed by atoms with Gasteiger partial charge in [0.2, 0.25) is 0 Å². The van der Waals surface area contributed by atoms with Crippen LogP contribution in [0.25, 0.3) is 0 Å². The molecule has 0 aliphatic heterocycles. The summed E-state index contributed by atoms with van der Waals surface area (Å²) in [5.74, 6) is 0.811. The minimum Gasteiger partial charge on any atom is -0.347 e. The van der Waals surface area contributed by atoms with Gasteiger partial charge in [-0.15, -0.1) is 0 Å². The summed E-state index contributed by atoms with van der Waals surface area (Å²) in [6, 6.07) is 0. The van der Waals surface area contributed by atoms with Gasteiger partial charge in [0.05, 0.1) is 0 Å². The Morgan fingerprint density at radius 1 is 1.78 bits per heavy atom. The second kappa shape index (κ2) is 5.95. The van der Waals surface area contributed by atoms with Gasteiger partial charge in [0.15, 0.2) is 0 Å². The van der Waals surface area contributed by atoms with Gasteiger partial charge in [-0.2, -0.15) is 0 Å². The van der Waals surface area contributed by atoms with Crippen molar-refractivity contribution in [2.75, 3.05) is 12.3 Å². The molecule has 53 valence electrons. The monoisotopic (exact) mass is 146 g/mol. The molecule has 9 heavy (non-hydrogen) atoms. The molecule has 0 spiro atoms. The van der Waals surface area contributed by atoms with Crippen molar-refractivity contribution in [3.8, 4) is 0 Å². The molecule has 0 atom stereocenters. The molecule has 0 saturated heterocycles. The summed E-state index contributed by atoms with van der Waals surface area (Å²) in [5.41, 5.74) is 0. The molecule has 0 rings (SSSR count). The first kappa shape index (κ1) is 8.82. The molecule has 0 aliphatic carbocycles. The number of rotatable bonds is 3. The highest BCUT2D eigenvalue weighted by molar-refractivity contribution is 8.13. The van der Waals surface area contributed by atoms with Crippen LogP contribution in [-0.4, -0.2) is 17.5 Å². The molecule has 0 aromatic heterocycles. The zero-order valence-corrected chi connectivity index (χ0v) is 6.46. The van der Waals surface area contributed by atoms with E-state index < -0.39 is 0 Å². The Kier molecular flexibility index (Phi) is 5.83. The van der Waals surface area contributed by atoms with Gasteiger partial charge in [0.1, 0.15) is 0 Å². The van der Waals surface area contributed by atoms with E-state index in [1.54, 1.807) is 0 Å². The van der Waals surface area contributed by atoms with E-state index in [2.05, 4.69) is 12.2 Å². The van der Waals surface area contributed by atoms with Gasteiger partial charge in [-0.3, -0.25) is 4.79 Å². The lowest BCUT2D eigenvalue weighted by Crippen LogP contribution is -2.17. The lowest BCUT2D eigenvalue weighted by atomic mass is 10.6. The van der Waals surface area contributed by atoms with Crippen LogP contribution in [0.2, 0.25) is 0 Å². The van der Waals surface area contributed by atoms with Crippen LogP contribution in [0.3, 0.4) is 0 Å². The van der Waals surface area contributed by atoms with Crippen molar-refractivity contribution in [1.29, 1.82) is 0 Å². The number of carbonyl (C=O) groups is 1. The maximum atomic E-state index is 10.6. The molecule has 0 fully saturated rings. The molecule has 2 nitrogen and oxygen atoms in total. The standard InChI is InChI=1S/C6H12NOS/c1-3-5-9-6(8)7-4-2/h1,3-5H2,2H3,(H,7,8). The van der Waals surface area contributed by atoms with Crippen molar-refractivity contribution in [2.45, 2.75) is 13.3 Å². The molecule has 1 radical (unpaired) electrons. The highest BCUT2D eigenvalue weighted by atomic mass is 32.2. The minimum absolute atomic E-state index is 0.0566. The molecule has 0 saturated carbocycles. The fraction of sp³-hybridized carbons (Fsp3) is 0.667. The van der Waals surface area contributed by atoms with Gasteiger partial charge in [-0.1, -0.05) is 18.7 Å². The van der Waals surface area contributed by atoms with Crippen molar-refractivity contribution in [1.82, 2.24) is 5.32 Å². The zero-order chi connectivity index (χ0) is 7.11. The Labute approximate surface area is 60.4 Å². The fourth-order valence-corrected chi connectivity index (χ4v) is 0.936. The second-order valence-corrected chi connectivity index (χ2v) is 2.59. The quantitative estimate of drug-likeness (QED) is 0.656. The molecule has 0 heterocycles. The molecular weight excluding hydrogens is 134 g/mol. The summed E-state index contributed by atoms with van der Waals surface area (Å²) in [6.45, 7) is 6.23. The van der Waals surface area contributed by atoms with E-state index in [9.17, 15) is 4.79 Å². The van der Waals surface area contributed by atoms with Crippen LogP contribution in [0, 0.1) is 6.92 Å². The summed E-state index contributed by atoms with van der Waals surface area (Å²) in [7, 11) is 0. The van der Waals surface area contributed by atoms with Crippen molar-refractivity contribution in [2.24, 2.45) is 0 Å². The average Bonchev–Trinajstić information content (AvgIpc) is 1.85. The van der Waals surface area contributed by atoms with Gasteiger partial charge in [0.25, 0.3) is 5.24 Å². The summed E-state index contributed by atoms with van der Waals surface area (Å²) in [4.78, 5) is 10.6. The molecule has 1 N–H and O–H groups in total. The predicted molar refractivity (Wildman–Crippen MR) is 41.5 cm³/mol. The van der Waals surface area contributed by atoms with Crippen LogP contribution in [0.4, 0.5) is 4.79 Å². The van der Waals surface area contributed by atoms with Gasteiger partial charge in [-0.25, -0.2) is 0 Å². The smallest absolute Gasteiger partial charge is 0.279 e.